The van der Waals surface area contributed by atoms with E-state index in [0.717, 1.165) is 11.1 Å². The molecule has 0 spiro atoms. The minimum absolute atomic E-state index is 0.287. The fraction of sp³-hybridized carbons (Fsp3) is 0.286. The molecule has 0 amide bonds. The smallest absolute Gasteiger partial charge is 0.203 e. The first-order valence-corrected chi connectivity index (χ1v) is 8.18. The molecule has 1 aromatic heterocycles. The molecular weight excluding hydrogens is 411 g/mol. The highest BCUT2D eigenvalue weighted by atomic mass is 127. The summed E-state index contributed by atoms with van der Waals surface area (Å²) in [6.07, 6.45) is 0. The predicted octanol–water partition coefficient (Wildman–Crippen LogP) is 4.71. The Labute approximate surface area is 140 Å². The minimum atomic E-state index is -0.287. The molecule has 0 N–H and O–H groups in total. The van der Waals surface area contributed by atoms with Crippen LogP contribution in [0.25, 0.3) is 0 Å². The topological polar surface area (TPSA) is 27.7 Å². The quantitative estimate of drug-likeness (QED) is 0.514. The van der Waals surface area contributed by atoms with Crippen molar-refractivity contribution in [1.82, 2.24) is 0 Å². The Morgan fingerprint density at radius 3 is 2.30 bits per heavy atom. The van der Waals surface area contributed by atoms with Gasteiger partial charge < -0.3 is 14.2 Å². The van der Waals surface area contributed by atoms with Crippen molar-refractivity contribution in [2.75, 3.05) is 21.3 Å². The highest BCUT2D eigenvalue weighted by Gasteiger charge is 2.22. The van der Waals surface area contributed by atoms with E-state index in [1.54, 1.807) is 32.7 Å². The standard InChI is InChI=1S/C14H14ClIO3S/c1-17-10-5-4-9(13(18-2)14(10)19-3)12(15)8-6-11(16)20-7-8/h4-7,12H,1-3H3. The molecule has 0 aliphatic carbocycles. The molecule has 2 aromatic rings. The van der Waals surface area contributed by atoms with Gasteiger partial charge in [0.15, 0.2) is 11.5 Å². The zero-order valence-corrected chi connectivity index (χ0v) is 15.0. The number of benzene rings is 1. The number of methoxy groups -OCH3 is 3. The van der Waals surface area contributed by atoms with E-state index in [-0.39, 0.29) is 5.38 Å². The number of thiophene rings is 1. The Hall–Kier alpha value is -0.660. The maximum atomic E-state index is 6.58. The monoisotopic (exact) mass is 424 g/mol. The van der Waals surface area contributed by atoms with Gasteiger partial charge in [0.25, 0.3) is 0 Å². The van der Waals surface area contributed by atoms with E-state index in [2.05, 4.69) is 34.0 Å². The lowest BCUT2D eigenvalue weighted by molar-refractivity contribution is 0.322. The van der Waals surface area contributed by atoms with E-state index >= 15 is 0 Å². The van der Waals surface area contributed by atoms with Crippen LogP contribution in [0.15, 0.2) is 23.6 Å². The van der Waals surface area contributed by atoms with Crippen molar-refractivity contribution < 1.29 is 14.2 Å². The lowest BCUT2D eigenvalue weighted by Crippen LogP contribution is -2.01. The van der Waals surface area contributed by atoms with Crippen LogP contribution in [0.1, 0.15) is 16.5 Å². The van der Waals surface area contributed by atoms with Crippen LogP contribution in [0.3, 0.4) is 0 Å². The minimum Gasteiger partial charge on any atom is -0.493 e. The molecule has 1 aromatic carbocycles. The van der Waals surface area contributed by atoms with Crippen molar-refractivity contribution in [1.29, 1.82) is 0 Å². The summed E-state index contributed by atoms with van der Waals surface area (Å²) in [5.74, 6) is 1.79. The van der Waals surface area contributed by atoms with Gasteiger partial charge in [-0.05, 0) is 51.7 Å². The Kier molecular flexibility index (Phi) is 5.40. The largest absolute Gasteiger partial charge is 0.493 e. The molecule has 0 bridgehead atoms. The second kappa shape index (κ2) is 6.87. The van der Waals surface area contributed by atoms with Crippen LogP contribution < -0.4 is 14.2 Å². The molecule has 20 heavy (non-hydrogen) atoms. The van der Waals surface area contributed by atoms with Gasteiger partial charge in [0.2, 0.25) is 5.75 Å². The van der Waals surface area contributed by atoms with E-state index < -0.39 is 0 Å². The van der Waals surface area contributed by atoms with Gasteiger partial charge in [-0.15, -0.1) is 22.9 Å². The average Bonchev–Trinajstić information content (AvgIpc) is 2.91. The molecule has 2 rings (SSSR count). The lowest BCUT2D eigenvalue weighted by atomic mass is 10.0. The third kappa shape index (κ3) is 2.99. The van der Waals surface area contributed by atoms with Crippen LogP contribution in [-0.4, -0.2) is 21.3 Å². The zero-order chi connectivity index (χ0) is 14.7. The van der Waals surface area contributed by atoms with Crippen molar-refractivity contribution in [3.05, 3.63) is 37.6 Å². The summed E-state index contributed by atoms with van der Waals surface area (Å²) in [6, 6.07) is 5.81. The molecule has 0 aliphatic heterocycles. The Balaban J connectivity index is 2.51. The summed E-state index contributed by atoms with van der Waals surface area (Å²) < 4.78 is 17.3. The summed E-state index contributed by atoms with van der Waals surface area (Å²) in [4.78, 5) is 0. The molecule has 1 heterocycles. The van der Waals surface area contributed by atoms with Gasteiger partial charge in [-0.25, -0.2) is 0 Å². The highest BCUT2D eigenvalue weighted by molar-refractivity contribution is 14.1. The van der Waals surface area contributed by atoms with E-state index in [4.69, 9.17) is 25.8 Å². The fourth-order valence-electron chi connectivity index (χ4n) is 1.96. The van der Waals surface area contributed by atoms with Gasteiger partial charge in [-0.1, -0.05) is 0 Å². The first kappa shape index (κ1) is 15.7. The molecular formula is C14H14ClIO3S. The van der Waals surface area contributed by atoms with Gasteiger partial charge in [-0.3, -0.25) is 0 Å². The van der Waals surface area contributed by atoms with E-state index in [9.17, 15) is 0 Å². The molecule has 0 saturated heterocycles. The average molecular weight is 425 g/mol. The molecule has 6 heteroatoms. The fourth-order valence-corrected chi connectivity index (χ4v) is 3.73. The second-order valence-electron chi connectivity index (χ2n) is 3.97. The van der Waals surface area contributed by atoms with Crippen LogP contribution in [0, 0.1) is 2.88 Å². The molecule has 1 unspecified atom stereocenters. The van der Waals surface area contributed by atoms with Crippen molar-refractivity contribution in [3.8, 4) is 17.2 Å². The van der Waals surface area contributed by atoms with Gasteiger partial charge >= 0.3 is 0 Å². The molecule has 0 fully saturated rings. The van der Waals surface area contributed by atoms with Crippen LogP contribution in [0.5, 0.6) is 17.2 Å². The van der Waals surface area contributed by atoms with Crippen molar-refractivity contribution in [2.45, 2.75) is 5.38 Å². The molecule has 0 aliphatic rings. The SMILES string of the molecule is COc1ccc(C(Cl)c2csc(I)c2)c(OC)c1OC. The second-order valence-corrected chi connectivity index (χ2v) is 7.21. The van der Waals surface area contributed by atoms with Gasteiger partial charge in [-0.2, -0.15) is 0 Å². The zero-order valence-electron chi connectivity index (χ0n) is 11.3. The van der Waals surface area contributed by atoms with Crippen LogP contribution in [-0.2, 0) is 0 Å². The van der Waals surface area contributed by atoms with Crippen LogP contribution in [0.2, 0.25) is 0 Å². The third-order valence-electron chi connectivity index (χ3n) is 2.89. The number of halogens is 2. The first-order valence-electron chi connectivity index (χ1n) is 5.79. The lowest BCUT2D eigenvalue weighted by Gasteiger charge is -2.18. The third-order valence-corrected chi connectivity index (χ3v) is 5.18. The van der Waals surface area contributed by atoms with Crippen molar-refractivity contribution in [3.63, 3.8) is 0 Å². The predicted molar refractivity (Wildman–Crippen MR) is 90.8 cm³/mol. The van der Waals surface area contributed by atoms with Crippen LogP contribution in [0.4, 0.5) is 0 Å². The summed E-state index contributed by atoms with van der Waals surface area (Å²) in [5.41, 5.74) is 1.91. The van der Waals surface area contributed by atoms with Crippen molar-refractivity contribution in [2.24, 2.45) is 0 Å². The number of rotatable bonds is 5. The number of alkyl halides is 1. The summed E-state index contributed by atoms with van der Waals surface area (Å²) in [6.45, 7) is 0. The molecule has 0 radical (unpaired) electrons. The molecule has 0 saturated carbocycles. The van der Waals surface area contributed by atoms with E-state index in [1.807, 2.05) is 12.1 Å². The maximum absolute atomic E-state index is 6.58. The molecule has 108 valence electrons. The Bertz CT molecular complexity index is 600. The van der Waals surface area contributed by atoms with Crippen molar-refractivity contribution >= 4 is 45.5 Å². The summed E-state index contributed by atoms with van der Waals surface area (Å²) >= 11 is 10.5. The van der Waals surface area contributed by atoms with E-state index in [0.29, 0.717) is 17.2 Å². The number of hydrogen-bond acceptors (Lipinski definition) is 4. The molecule has 1 atom stereocenters. The summed E-state index contributed by atoms with van der Waals surface area (Å²) in [7, 11) is 4.78. The Morgan fingerprint density at radius 1 is 1.10 bits per heavy atom. The van der Waals surface area contributed by atoms with E-state index in [1.165, 1.54) is 2.88 Å². The first-order chi connectivity index (χ1) is 9.62. The van der Waals surface area contributed by atoms with Gasteiger partial charge in [0.05, 0.1) is 29.6 Å². The van der Waals surface area contributed by atoms with Crippen LogP contribution >= 0.6 is 45.5 Å². The molecule has 3 nitrogen and oxygen atoms in total. The maximum Gasteiger partial charge on any atom is 0.203 e. The highest BCUT2D eigenvalue weighted by Crippen LogP contribution is 2.45. The normalized spacial score (nSPS) is 12.1. The van der Waals surface area contributed by atoms with Gasteiger partial charge in [0.1, 0.15) is 0 Å². The van der Waals surface area contributed by atoms with Gasteiger partial charge in [0, 0.05) is 5.56 Å². The number of ether oxygens (including phenoxy) is 3. The Morgan fingerprint density at radius 2 is 1.80 bits per heavy atom. The summed E-state index contributed by atoms with van der Waals surface area (Å²) in [5, 5.41) is 1.76. The number of hydrogen-bond donors (Lipinski definition) is 0.